The van der Waals surface area contributed by atoms with E-state index in [4.69, 9.17) is 15.0 Å². The number of nitrogens with zero attached hydrogens (tertiary/aromatic N) is 3. The Bertz CT molecular complexity index is 618. The van der Waals surface area contributed by atoms with Crippen LogP contribution in [0, 0.1) is 0 Å². The van der Waals surface area contributed by atoms with Crippen LogP contribution in [0.4, 0.5) is 0 Å². The average molecular weight is 446 g/mol. The third-order valence-corrected chi connectivity index (χ3v) is 5.59. The summed E-state index contributed by atoms with van der Waals surface area (Å²) in [7, 11) is 0. The van der Waals surface area contributed by atoms with E-state index in [0.29, 0.717) is 13.0 Å². The molecule has 0 aromatic heterocycles. The van der Waals surface area contributed by atoms with E-state index in [1.54, 1.807) is 0 Å². The fraction of sp³-hybridized carbons (Fsp3) is 0.731. The lowest BCUT2D eigenvalue weighted by atomic mass is 10.0. The Morgan fingerprint density at radius 3 is 2.03 bits per heavy atom. The fourth-order valence-corrected chi connectivity index (χ4v) is 3.61. The first kappa shape index (κ1) is 28.0. The molecular formula is C26H43N3O3. The van der Waals surface area contributed by atoms with Crippen LogP contribution in [0.15, 0.2) is 35.4 Å². The molecular weight excluding hydrogens is 402 g/mol. The number of carbonyl (C=O) groups is 1. The highest BCUT2D eigenvalue weighted by molar-refractivity contribution is 5.69. The van der Waals surface area contributed by atoms with Gasteiger partial charge in [0.05, 0.1) is 19.3 Å². The van der Waals surface area contributed by atoms with E-state index < -0.39 is 6.10 Å². The van der Waals surface area contributed by atoms with Crippen molar-refractivity contribution in [1.29, 1.82) is 0 Å². The minimum absolute atomic E-state index is 0.114. The standard InChI is InChI=1S/C26H43N3O3/c1-2-3-4-5-6-7-8-9-10-11-12-13-17-20-26(30)32-23-25(21-28-29-27)31-22-24-18-15-14-16-19-24/h14-16,18-19,25H,2-13,17,20-23H2,1H3/t25-/m1/s1. The van der Waals surface area contributed by atoms with E-state index in [-0.39, 0.29) is 19.1 Å². The highest BCUT2D eigenvalue weighted by Gasteiger charge is 2.12. The summed E-state index contributed by atoms with van der Waals surface area (Å²) in [6.07, 6.45) is 16.7. The monoisotopic (exact) mass is 445 g/mol. The molecule has 0 amide bonds. The SMILES string of the molecule is CCCCCCCCCCCCCCCC(=O)OC[C@@H](CN=[N+]=[N-])OCc1ccccc1. The number of carbonyl (C=O) groups excluding carboxylic acids is 1. The van der Waals surface area contributed by atoms with Gasteiger partial charge in [-0.15, -0.1) is 0 Å². The topological polar surface area (TPSA) is 84.3 Å². The number of hydrogen-bond acceptors (Lipinski definition) is 4. The van der Waals surface area contributed by atoms with Crippen LogP contribution in [0.3, 0.4) is 0 Å². The molecule has 0 unspecified atom stereocenters. The Morgan fingerprint density at radius 2 is 1.47 bits per heavy atom. The van der Waals surface area contributed by atoms with Gasteiger partial charge in [-0.2, -0.15) is 0 Å². The van der Waals surface area contributed by atoms with Crippen molar-refractivity contribution in [2.45, 2.75) is 110 Å². The molecule has 0 aliphatic carbocycles. The minimum atomic E-state index is -0.429. The Morgan fingerprint density at radius 1 is 0.906 bits per heavy atom. The summed E-state index contributed by atoms with van der Waals surface area (Å²) in [6, 6.07) is 9.75. The van der Waals surface area contributed by atoms with Crippen LogP contribution in [0.2, 0.25) is 0 Å². The summed E-state index contributed by atoms with van der Waals surface area (Å²) in [5, 5.41) is 3.57. The van der Waals surface area contributed by atoms with E-state index in [0.717, 1.165) is 18.4 Å². The van der Waals surface area contributed by atoms with E-state index in [1.165, 1.54) is 70.6 Å². The highest BCUT2D eigenvalue weighted by atomic mass is 16.6. The molecule has 0 bridgehead atoms. The third kappa shape index (κ3) is 16.6. The second kappa shape index (κ2) is 20.8. The molecule has 180 valence electrons. The molecule has 1 aromatic rings. The van der Waals surface area contributed by atoms with E-state index in [9.17, 15) is 4.79 Å². The summed E-state index contributed by atoms with van der Waals surface area (Å²) in [5.74, 6) is -0.206. The van der Waals surface area contributed by atoms with Crippen molar-refractivity contribution in [3.63, 3.8) is 0 Å². The van der Waals surface area contributed by atoms with Crippen molar-refractivity contribution in [2.75, 3.05) is 13.2 Å². The summed E-state index contributed by atoms with van der Waals surface area (Å²) in [4.78, 5) is 14.8. The van der Waals surface area contributed by atoms with Crippen LogP contribution >= 0.6 is 0 Å². The first-order valence-corrected chi connectivity index (χ1v) is 12.6. The van der Waals surface area contributed by atoms with Gasteiger partial charge in [0.15, 0.2) is 0 Å². The fourth-order valence-electron chi connectivity index (χ4n) is 3.61. The van der Waals surface area contributed by atoms with Crippen LogP contribution in [0.25, 0.3) is 10.4 Å². The molecule has 0 aliphatic heterocycles. The minimum Gasteiger partial charge on any atom is -0.463 e. The van der Waals surface area contributed by atoms with Gasteiger partial charge in [0.1, 0.15) is 6.61 Å². The molecule has 1 aromatic carbocycles. The number of azide groups is 1. The van der Waals surface area contributed by atoms with Crippen LogP contribution < -0.4 is 0 Å². The summed E-state index contributed by atoms with van der Waals surface area (Å²) < 4.78 is 11.1. The maximum Gasteiger partial charge on any atom is 0.305 e. The first-order valence-electron chi connectivity index (χ1n) is 12.6. The Hall–Kier alpha value is -2.04. The van der Waals surface area contributed by atoms with Crippen molar-refractivity contribution in [3.05, 3.63) is 46.3 Å². The zero-order valence-corrected chi connectivity index (χ0v) is 20.1. The number of unbranched alkanes of at least 4 members (excludes halogenated alkanes) is 12. The molecule has 32 heavy (non-hydrogen) atoms. The molecule has 0 heterocycles. The third-order valence-electron chi connectivity index (χ3n) is 5.59. The molecule has 0 saturated carbocycles. The Labute approximate surface area is 194 Å². The maximum absolute atomic E-state index is 12.0. The number of ether oxygens (including phenoxy) is 2. The van der Waals surface area contributed by atoms with Crippen molar-refractivity contribution >= 4 is 5.97 Å². The number of hydrogen-bond donors (Lipinski definition) is 0. The van der Waals surface area contributed by atoms with E-state index >= 15 is 0 Å². The van der Waals surface area contributed by atoms with Crippen molar-refractivity contribution in [3.8, 4) is 0 Å². The second-order valence-corrected chi connectivity index (χ2v) is 8.51. The van der Waals surface area contributed by atoms with Gasteiger partial charge in [-0.1, -0.05) is 119 Å². The highest BCUT2D eigenvalue weighted by Crippen LogP contribution is 2.13. The molecule has 1 rings (SSSR count). The van der Waals surface area contributed by atoms with Crippen LogP contribution in [0.1, 0.15) is 102 Å². The normalized spacial score (nSPS) is 11.7. The molecule has 0 fully saturated rings. The predicted octanol–water partition coefficient (Wildman–Crippen LogP) is 7.91. The molecule has 0 spiro atoms. The zero-order chi connectivity index (χ0) is 23.1. The largest absolute Gasteiger partial charge is 0.463 e. The van der Waals surface area contributed by atoms with Gasteiger partial charge in [0.25, 0.3) is 0 Å². The molecule has 1 atom stereocenters. The van der Waals surface area contributed by atoms with E-state index in [1.807, 2.05) is 30.3 Å². The lowest BCUT2D eigenvalue weighted by Crippen LogP contribution is -2.25. The Balaban J connectivity index is 2.01. The summed E-state index contributed by atoms with van der Waals surface area (Å²) in [5.41, 5.74) is 9.58. The number of rotatable bonds is 21. The van der Waals surface area contributed by atoms with Crippen molar-refractivity contribution in [1.82, 2.24) is 0 Å². The van der Waals surface area contributed by atoms with Gasteiger partial charge in [-0.3, -0.25) is 4.79 Å². The molecule has 0 radical (unpaired) electrons. The second-order valence-electron chi connectivity index (χ2n) is 8.51. The Kier molecular flexibility index (Phi) is 18.2. The van der Waals surface area contributed by atoms with Crippen LogP contribution in [0.5, 0.6) is 0 Å². The maximum atomic E-state index is 12.0. The van der Waals surface area contributed by atoms with Gasteiger partial charge in [-0.05, 0) is 17.5 Å². The molecule has 0 saturated heterocycles. The quantitative estimate of drug-likeness (QED) is 0.0633. The van der Waals surface area contributed by atoms with E-state index in [2.05, 4.69) is 16.9 Å². The van der Waals surface area contributed by atoms with Gasteiger partial charge < -0.3 is 9.47 Å². The summed E-state index contributed by atoms with van der Waals surface area (Å²) in [6.45, 7) is 2.91. The van der Waals surface area contributed by atoms with Crippen LogP contribution in [-0.2, 0) is 20.9 Å². The first-order chi connectivity index (χ1) is 15.8. The zero-order valence-electron chi connectivity index (χ0n) is 20.1. The van der Waals surface area contributed by atoms with Gasteiger partial charge in [-0.25, -0.2) is 0 Å². The predicted molar refractivity (Wildman–Crippen MR) is 130 cm³/mol. The molecule has 6 nitrogen and oxygen atoms in total. The van der Waals surface area contributed by atoms with Gasteiger partial charge in [0, 0.05) is 11.3 Å². The van der Waals surface area contributed by atoms with Crippen LogP contribution in [-0.4, -0.2) is 25.2 Å². The van der Waals surface area contributed by atoms with Gasteiger partial charge >= 0.3 is 5.97 Å². The number of esters is 1. The van der Waals surface area contributed by atoms with Crippen molar-refractivity contribution < 1.29 is 14.3 Å². The summed E-state index contributed by atoms with van der Waals surface area (Å²) >= 11 is 0. The number of benzene rings is 1. The smallest absolute Gasteiger partial charge is 0.305 e. The molecule has 0 N–H and O–H groups in total. The molecule has 6 heteroatoms. The average Bonchev–Trinajstić information content (AvgIpc) is 2.82. The molecule has 0 aliphatic rings. The van der Waals surface area contributed by atoms with Crippen molar-refractivity contribution in [2.24, 2.45) is 5.11 Å². The lowest BCUT2D eigenvalue weighted by molar-refractivity contribution is -0.148. The lowest BCUT2D eigenvalue weighted by Gasteiger charge is -2.16. The van der Waals surface area contributed by atoms with Gasteiger partial charge in [0.2, 0.25) is 0 Å².